The molecule has 0 bridgehead atoms. The molecule has 7 heteroatoms. The zero-order chi connectivity index (χ0) is 19.8. The number of ether oxygens (including phenoxy) is 1. The monoisotopic (exact) mass is 393 g/mol. The van der Waals surface area contributed by atoms with Crippen molar-refractivity contribution in [1.29, 1.82) is 0 Å². The van der Waals surface area contributed by atoms with Gasteiger partial charge < -0.3 is 9.64 Å². The molecule has 1 amide bonds. The lowest BCUT2D eigenvalue weighted by Crippen LogP contribution is -2.50. The number of carbonyl (C=O) groups excluding carboxylic acids is 1. The van der Waals surface area contributed by atoms with Gasteiger partial charge in [-0.25, -0.2) is 9.07 Å². The number of carbonyl (C=O) groups is 1. The van der Waals surface area contributed by atoms with E-state index in [0.29, 0.717) is 42.7 Å². The highest BCUT2D eigenvalue weighted by Gasteiger charge is 2.34. The molecule has 1 fully saturated rings. The number of hydrogen-bond acceptors (Lipinski definition) is 3. The molecule has 0 aliphatic carbocycles. The Hall–Kier alpha value is -1.92. The third kappa shape index (κ3) is 4.33. The molecule has 1 aromatic carbocycles. The van der Waals surface area contributed by atoms with Crippen molar-refractivity contribution in [3.63, 3.8) is 0 Å². The number of benzene rings is 1. The van der Waals surface area contributed by atoms with Gasteiger partial charge in [0, 0.05) is 13.1 Å². The van der Waals surface area contributed by atoms with Gasteiger partial charge in [-0.2, -0.15) is 5.10 Å². The zero-order valence-corrected chi connectivity index (χ0v) is 16.9. The van der Waals surface area contributed by atoms with Crippen LogP contribution in [-0.4, -0.2) is 46.4 Å². The highest BCUT2D eigenvalue weighted by molar-refractivity contribution is 6.33. The molecule has 0 saturated carbocycles. The molecule has 1 aliphatic heterocycles. The van der Waals surface area contributed by atoms with E-state index in [9.17, 15) is 9.18 Å². The van der Waals surface area contributed by atoms with Crippen LogP contribution >= 0.6 is 11.6 Å². The quantitative estimate of drug-likeness (QED) is 0.794. The Kier molecular flexibility index (Phi) is 5.58. The summed E-state index contributed by atoms with van der Waals surface area (Å²) in [7, 11) is 0. The predicted octanol–water partition coefficient (Wildman–Crippen LogP) is 3.92. The van der Waals surface area contributed by atoms with E-state index in [4.69, 9.17) is 16.3 Å². The molecule has 2 aromatic rings. The van der Waals surface area contributed by atoms with Gasteiger partial charge in [-0.1, -0.05) is 44.5 Å². The number of rotatable bonds is 3. The van der Waals surface area contributed by atoms with E-state index in [1.54, 1.807) is 28.6 Å². The lowest BCUT2D eigenvalue weighted by molar-refractivity contribution is -0.0706. The number of hydrogen-bond donors (Lipinski definition) is 0. The summed E-state index contributed by atoms with van der Waals surface area (Å²) in [5.74, 6) is -0.418. The van der Waals surface area contributed by atoms with Crippen LogP contribution in [0, 0.1) is 18.2 Å². The Morgan fingerprint density at radius 3 is 2.63 bits per heavy atom. The Morgan fingerprint density at radius 2 is 2.00 bits per heavy atom. The second-order valence-electron chi connectivity index (χ2n) is 8.01. The topological polar surface area (TPSA) is 47.4 Å². The van der Waals surface area contributed by atoms with Gasteiger partial charge in [0.2, 0.25) is 0 Å². The smallest absolute Gasteiger partial charge is 0.259 e. The molecular weight excluding hydrogens is 369 g/mol. The number of morpholine rings is 1. The third-order valence-corrected chi connectivity index (χ3v) is 5.23. The normalized spacial score (nSPS) is 18.0. The summed E-state index contributed by atoms with van der Waals surface area (Å²) in [5.41, 5.74) is 1.82. The van der Waals surface area contributed by atoms with Crippen LogP contribution in [-0.2, 0) is 11.3 Å². The second kappa shape index (κ2) is 7.60. The molecule has 1 saturated heterocycles. The molecule has 5 nitrogen and oxygen atoms in total. The minimum absolute atomic E-state index is 0.0245. The van der Waals surface area contributed by atoms with Crippen LogP contribution in [0.25, 0.3) is 0 Å². The highest BCUT2D eigenvalue weighted by atomic mass is 35.5. The molecule has 2 heterocycles. The average molecular weight is 394 g/mol. The van der Waals surface area contributed by atoms with Crippen LogP contribution in [0.3, 0.4) is 0 Å². The number of nitrogens with zero attached hydrogens (tertiary/aromatic N) is 3. The molecule has 146 valence electrons. The first kappa shape index (κ1) is 19.8. The highest BCUT2D eigenvalue weighted by Crippen LogP contribution is 2.28. The fourth-order valence-corrected chi connectivity index (χ4v) is 3.49. The van der Waals surface area contributed by atoms with E-state index >= 15 is 0 Å². The molecular formula is C20H25ClFN3O2. The fraction of sp³-hybridized carbons (Fsp3) is 0.500. The first-order valence-corrected chi connectivity index (χ1v) is 9.43. The van der Waals surface area contributed by atoms with Crippen LogP contribution in [0.15, 0.2) is 24.3 Å². The molecule has 3 rings (SSSR count). The SMILES string of the molecule is Cc1nn(Cc2ccc(F)cc2)c(Cl)c1C(=O)N1CCO[C@@H](C(C)(C)C)C1. The summed E-state index contributed by atoms with van der Waals surface area (Å²) in [6, 6.07) is 6.15. The maximum absolute atomic E-state index is 13.1. The van der Waals surface area contributed by atoms with Crippen molar-refractivity contribution in [3.05, 3.63) is 52.1 Å². The maximum Gasteiger partial charge on any atom is 0.259 e. The van der Waals surface area contributed by atoms with E-state index in [-0.39, 0.29) is 23.2 Å². The Bertz CT molecular complexity index is 827. The van der Waals surface area contributed by atoms with Crippen LogP contribution < -0.4 is 0 Å². The predicted molar refractivity (Wildman–Crippen MR) is 103 cm³/mol. The van der Waals surface area contributed by atoms with Gasteiger partial charge in [0.15, 0.2) is 0 Å². The molecule has 0 spiro atoms. The lowest BCUT2D eigenvalue weighted by Gasteiger charge is -2.39. The molecule has 0 radical (unpaired) electrons. The van der Waals surface area contributed by atoms with Crippen molar-refractivity contribution in [2.45, 2.75) is 40.3 Å². The van der Waals surface area contributed by atoms with Crippen LogP contribution in [0.2, 0.25) is 5.15 Å². The summed E-state index contributed by atoms with van der Waals surface area (Å²) in [5, 5.41) is 4.73. The first-order valence-electron chi connectivity index (χ1n) is 9.05. The van der Waals surface area contributed by atoms with Gasteiger partial charge in [0.25, 0.3) is 5.91 Å². The largest absolute Gasteiger partial charge is 0.374 e. The van der Waals surface area contributed by atoms with E-state index in [1.165, 1.54) is 12.1 Å². The molecule has 27 heavy (non-hydrogen) atoms. The van der Waals surface area contributed by atoms with Crippen molar-refractivity contribution in [2.75, 3.05) is 19.7 Å². The summed E-state index contributed by atoms with van der Waals surface area (Å²) >= 11 is 6.50. The van der Waals surface area contributed by atoms with Gasteiger partial charge >= 0.3 is 0 Å². The summed E-state index contributed by atoms with van der Waals surface area (Å²) in [6.45, 7) is 10.0. The second-order valence-corrected chi connectivity index (χ2v) is 8.37. The van der Waals surface area contributed by atoms with Gasteiger partial charge in [0.05, 0.1) is 30.5 Å². The zero-order valence-electron chi connectivity index (χ0n) is 16.1. The van der Waals surface area contributed by atoms with Crippen LogP contribution in [0.5, 0.6) is 0 Å². The Morgan fingerprint density at radius 1 is 1.33 bits per heavy atom. The van der Waals surface area contributed by atoms with Crippen molar-refractivity contribution in [2.24, 2.45) is 5.41 Å². The molecule has 0 N–H and O–H groups in total. The Balaban J connectivity index is 1.81. The van der Waals surface area contributed by atoms with Gasteiger partial charge in [-0.05, 0) is 30.0 Å². The van der Waals surface area contributed by atoms with E-state index in [0.717, 1.165) is 5.56 Å². The number of halogens is 2. The molecule has 1 atom stereocenters. The molecule has 0 unspecified atom stereocenters. The minimum atomic E-state index is -0.293. The van der Waals surface area contributed by atoms with E-state index < -0.39 is 0 Å². The maximum atomic E-state index is 13.1. The van der Waals surface area contributed by atoms with Crippen LogP contribution in [0.4, 0.5) is 4.39 Å². The number of aryl methyl sites for hydroxylation is 1. The minimum Gasteiger partial charge on any atom is -0.374 e. The average Bonchev–Trinajstić information content (AvgIpc) is 2.89. The van der Waals surface area contributed by atoms with Crippen molar-refractivity contribution in [1.82, 2.24) is 14.7 Å². The third-order valence-electron chi connectivity index (χ3n) is 4.84. The van der Waals surface area contributed by atoms with Gasteiger partial charge in [0.1, 0.15) is 11.0 Å². The standard InChI is InChI=1S/C20H25ClFN3O2/c1-13-17(19(26)24-9-10-27-16(12-24)20(2,3)4)18(21)25(23-13)11-14-5-7-15(22)8-6-14/h5-8,16H,9-12H2,1-4H3/t16-/m1/s1. The van der Waals surface area contributed by atoms with Crippen LogP contribution in [0.1, 0.15) is 42.4 Å². The van der Waals surface area contributed by atoms with Crippen molar-refractivity contribution < 1.29 is 13.9 Å². The lowest BCUT2D eigenvalue weighted by atomic mass is 9.88. The number of aromatic nitrogens is 2. The Labute approximate surface area is 164 Å². The van der Waals surface area contributed by atoms with Gasteiger partial charge in [-0.3, -0.25) is 4.79 Å². The van der Waals surface area contributed by atoms with E-state index in [2.05, 4.69) is 25.9 Å². The molecule has 1 aliphatic rings. The summed E-state index contributed by atoms with van der Waals surface area (Å²) in [6.07, 6.45) is -0.0245. The summed E-state index contributed by atoms with van der Waals surface area (Å²) < 4.78 is 20.5. The van der Waals surface area contributed by atoms with E-state index in [1.807, 2.05) is 0 Å². The summed E-state index contributed by atoms with van der Waals surface area (Å²) in [4.78, 5) is 14.9. The molecule has 1 aromatic heterocycles. The van der Waals surface area contributed by atoms with Crippen molar-refractivity contribution >= 4 is 17.5 Å². The fourth-order valence-electron chi connectivity index (χ4n) is 3.18. The van der Waals surface area contributed by atoms with Crippen molar-refractivity contribution in [3.8, 4) is 0 Å². The number of amides is 1. The van der Waals surface area contributed by atoms with Gasteiger partial charge in [-0.15, -0.1) is 0 Å². The first-order chi connectivity index (χ1) is 12.7.